The molecule has 0 aromatic rings. The first-order valence-electron chi connectivity index (χ1n) is 4.91. The lowest BCUT2D eigenvalue weighted by atomic mass is 10.0. The molecule has 2 atom stereocenters. The van der Waals surface area contributed by atoms with Crippen molar-refractivity contribution in [3.05, 3.63) is 0 Å². The van der Waals surface area contributed by atoms with Gasteiger partial charge in [-0.2, -0.15) is 0 Å². The van der Waals surface area contributed by atoms with Crippen LogP contribution < -0.4 is 10.6 Å². The quantitative estimate of drug-likeness (QED) is 0.529. The molecule has 1 heterocycles. The van der Waals surface area contributed by atoms with Gasteiger partial charge in [0, 0.05) is 13.1 Å². The van der Waals surface area contributed by atoms with E-state index in [1.807, 2.05) is 7.05 Å². The maximum absolute atomic E-state index is 9.83. The van der Waals surface area contributed by atoms with Crippen LogP contribution in [0.1, 0.15) is 19.8 Å². The summed E-state index contributed by atoms with van der Waals surface area (Å²) in [5.41, 5.74) is 0. The normalized spacial score (nSPS) is 34.8. The summed E-state index contributed by atoms with van der Waals surface area (Å²) in [5, 5.41) is 16.2. The minimum Gasteiger partial charge on any atom is -0.364 e. The molecule has 1 fully saturated rings. The molecule has 0 amide bonds. The van der Waals surface area contributed by atoms with Crippen LogP contribution in [0.4, 0.5) is 0 Å². The van der Waals surface area contributed by atoms with Crippen LogP contribution in [-0.2, 0) is 4.74 Å². The predicted molar refractivity (Wildman–Crippen MR) is 51.5 cm³/mol. The van der Waals surface area contributed by atoms with E-state index < -0.39 is 5.79 Å². The zero-order valence-electron chi connectivity index (χ0n) is 8.47. The zero-order valence-corrected chi connectivity index (χ0v) is 8.47. The monoisotopic (exact) mass is 188 g/mol. The van der Waals surface area contributed by atoms with Gasteiger partial charge in [0.1, 0.15) is 0 Å². The van der Waals surface area contributed by atoms with E-state index in [9.17, 15) is 5.11 Å². The molecule has 13 heavy (non-hydrogen) atoms. The van der Waals surface area contributed by atoms with Gasteiger partial charge < -0.3 is 20.5 Å². The average molecular weight is 188 g/mol. The molecule has 2 unspecified atom stereocenters. The Labute approximate surface area is 79.7 Å². The van der Waals surface area contributed by atoms with Crippen molar-refractivity contribution < 1.29 is 9.84 Å². The maximum atomic E-state index is 9.83. The van der Waals surface area contributed by atoms with Crippen molar-refractivity contribution in [2.45, 2.75) is 31.6 Å². The molecule has 0 aliphatic carbocycles. The lowest BCUT2D eigenvalue weighted by Gasteiger charge is -2.37. The summed E-state index contributed by atoms with van der Waals surface area (Å²) in [6.07, 6.45) is 2.00. The fourth-order valence-electron chi connectivity index (χ4n) is 1.60. The van der Waals surface area contributed by atoms with Crippen molar-refractivity contribution in [1.29, 1.82) is 0 Å². The van der Waals surface area contributed by atoms with Gasteiger partial charge in [-0.1, -0.05) is 0 Å². The van der Waals surface area contributed by atoms with Gasteiger partial charge >= 0.3 is 0 Å². The van der Waals surface area contributed by atoms with Gasteiger partial charge in [-0.3, -0.25) is 0 Å². The second kappa shape index (κ2) is 4.91. The largest absolute Gasteiger partial charge is 0.364 e. The summed E-state index contributed by atoms with van der Waals surface area (Å²) in [7, 11) is 1.91. The Morgan fingerprint density at radius 1 is 1.54 bits per heavy atom. The van der Waals surface area contributed by atoms with E-state index in [0.717, 1.165) is 25.9 Å². The number of nitrogens with one attached hydrogen (secondary N) is 2. The molecule has 78 valence electrons. The van der Waals surface area contributed by atoms with Gasteiger partial charge in [-0.05, 0) is 26.8 Å². The highest BCUT2D eigenvalue weighted by molar-refractivity contribution is 4.83. The molecular weight excluding hydrogens is 168 g/mol. The molecular formula is C9H20N2O2. The van der Waals surface area contributed by atoms with Crippen LogP contribution in [0, 0.1) is 0 Å². The number of hydrogen-bond acceptors (Lipinski definition) is 4. The van der Waals surface area contributed by atoms with Crippen molar-refractivity contribution in [2.24, 2.45) is 0 Å². The summed E-state index contributed by atoms with van der Waals surface area (Å²) < 4.78 is 5.28. The highest BCUT2D eigenvalue weighted by Crippen LogP contribution is 2.21. The molecule has 3 N–H and O–H groups in total. The Balaban J connectivity index is 2.29. The lowest BCUT2D eigenvalue weighted by Crippen LogP contribution is -2.54. The fraction of sp³-hybridized carbons (Fsp3) is 1.00. The molecule has 0 spiro atoms. The third kappa shape index (κ3) is 3.23. The zero-order chi connectivity index (χ0) is 9.73. The number of ether oxygens (including phenoxy) is 1. The van der Waals surface area contributed by atoms with Crippen LogP contribution >= 0.6 is 0 Å². The Bertz CT molecular complexity index is 151. The van der Waals surface area contributed by atoms with Crippen LogP contribution in [0.2, 0.25) is 0 Å². The van der Waals surface area contributed by atoms with Crippen molar-refractivity contribution in [3.8, 4) is 0 Å². The molecule has 0 aromatic carbocycles. The van der Waals surface area contributed by atoms with E-state index in [2.05, 4.69) is 10.6 Å². The van der Waals surface area contributed by atoms with Crippen LogP contribution in [0.15, 0.2) is 0 Å². The number of rotatable bonds is 4. The number of likely N-dealkylation sites (N-methyl/N-ethyl adjacent to an activating group) is 1. The summed E-state index contributed by atoms with van der Waals surface area (Å²) in [5.74, 6) is -0.994. The molecule has 1 aliphatic rings. The Hall–Kier alpha value is -0.160. The third-order valence-corrected chi connectivity index (χ3v) is 2.44. The molecule has 0 saturated carbocycles. The van der Waals surface area contributed by atoms with Gasteiger partial charge in [0.2, 0.25) is 0 Å². The molecule has 1 rings (SSSR count). The standard InChI is InChI=1S/C9H20N2O2/c1-9(12)8(4-3-7-13-9)11-6-5-10-2/h8,10-12H,3-7H2,1-2H3. The van der Waals surface area contributed by atoms with Crippen LogP contribution in [0.5, 0.6) is 0 Å². The Morgan fingerprint density at radius 2 is 2.31 bits per heavy atom. The number of hydrogen-bond donors (Lipinski definition) is 3. The smallest absolute Gasteiger partial charge is 0.178 e. The van der Waals surface area contributed by atoms with Crippen molar-refractivity contribution in [3.63, 3.8) is 0 Å². The minimum atomic E-state index is -0.994. The van der Waals surface area contributed by atoms with Crippen molar-refractivity contribution in [2.75, 3.05) is 26.7 Å². The highest BCUT2D eigenvalue weighted by Gasteiger charge is 2.34. The first-order valence-corrected chi connectivity index (χ1v) is 4.91. The fourth-order valence-corrected chi connectivity index (χ4v) is 1.60. The SMILES string of the molecule is CNCCNC1CCCOC1(C)O. The van der Waals surface area contributed by atoms with Gasteiger partial charge in [0.25, 0.3) is 0 Å². The van der Waals surface area contributed by atoms with Crippen molar-refractivity contribution >= 4 is 0 Å². The molecule has 0 aromatic heterocycles. The van der Waals surface area contributed by atoms with Gasteiger partial charge in [-0.15, -0.1) is 0 Å². The van der Waals surface area contributed by atoms with Crippen molar-refractivity contribution in [1.82, 2.24) is 10.6 Å². The number of aliphatic hydroxyl groups is 1. The summed E-state index contributed by atoms with van der Waals surface area (Å²) in [6, 6.07) is 0.0644. The lowest BCUT2D eigenvalue weighted by molar-refractivity contribution is -0.227. The first-order chi connectivity index (χ1) is 6.17. The van der Waals surface area contributed by atoms with E-state index in [0.29, 0.717) is 6.61 Å². The first kappa shape index (κ1) is 10.9. The average Bonchev–Trinajstić information content (AvgIpc) is 2.08. The van der Waals surface area contributed by atoms with Gasteiger partial charge in [0.05, 0.1) is 12.6 Å². The van der Waals surface area contributed by atoms with Crippen LogP contribution in [-0.4, -0.2) is 43.7 Å². The molecule has 4 heteroatoms. The maximum Gasteiger partial charge on any atom is 0.178 e. The summed E-state index contributed by atoms with van der Waals surface area (Å²) in [4.78, 5) is 0. The van der Waals surface area contributed by atoms with E-state index in [-0.39, 0.29) is 6.04 Å². The topological polar surface area (TPSA) is 53.5 Å². The van der Waals surface area contributed by atoms with Gasteiger partial charge in [0.15, 0.2) is 5.79 Å². The molecule has 1 aliphatic heterocycles. The summed E-state index contributed by atoms with van der Waals surface area (Å²) in [6.45, 7) is 4.16. The van der Waals surface area contributed by atoms with E-state index in [1.165, 1.54) is 0 Å². The Morgan fingerprint density at radius 3 is 2.92 bits per heavy atom. The van der Waals surface area contributed by atoms with E-state index in [1.54, 1.807) is 6.92 Å². The third-order valence-electron chi connectivity index (χ3n) is 2.44. The minimum absolute atomic E-state index is 0.0644. The Kier molecular flexibility index (Phi) is 4.12. The predicted octanol–water partition coefficient (Wildman–Crippen LogP) is -0.317. The summed E-state index contributed by atoms with van der Waals surface area (Å²) >= 11 is 0. The molecule has 0 bridgehead atoms. The van der Waals surface area contributed by atoms with E-state index >= 15 is 0 Å². The molecule has 4 nitrogen and oxygen atoms in total. The van der Waals surface area contributed by atoms with E-state index in [4.69, 9.17) is 4.74 Å². The second-order valence-corrected chi connectivity index (χ2v) is 3.66. The second-order valence-electron chi connectivity index (χ2n) is 3.66. The molecule has 0 radical (unpaired) electrons. The van der Waals surface area contributed by atoms with Crippen LogP contribution in [0.25, 0.3) is 0 Å². The van der Waals surface area contributed by atoms with Crippen LogP contribution in [0.3, 0.4) is 0 Å². The highest BCUT2D eigenvalue weighted by atomic mass is 16.6. The van der Waals surface area contributed by atoms with Gasteiger partial charge in [-0.25, -0.2) is 0 Å². The molecule has 1 saturated heterocycles.